The van der Waals surface area contributed by atoms with Gasteiger partial charge in [-0.05, 0) is 82.9 Å². The molecule has 0 aliphatic carbocycles. The van der Waals surface area contributed by atoms with Gasteiger partial charge in [0.15, 0.2) is 5.13 Å². The van der Waals surface area contributed by atoms with Crippen molar-refractivity contribution in [2.24, 2.45) is 0 Å². The molecule has 276 valence electrons. The second-order valence-electron chi connectivity index (χ2n) is 12.5. The summed E-state index contributed by atoms with van der Waals surface area (Å²) in [4.78, 5) is 46.5. The lowest BCUT2D eigenvalue weighted by molar-refractivity contribution is -0.116. The lowest BCUT2D eigenvalue weighted by Crippen LogP contribution is -2.30. The summed E-state index contributed by atoms with van der Waals surface area (Å²) in [6, 6.07) is 50.9. The molecule has 1 atom stereocenters. The zero-order chi connectivity index (χ0) is 38.7. The number of carbonyl (C=O) groups is 3. The van der Waals surface area contributed by atoms with E-state index < -0.39 is 17.1 Å². The maximum atomic E-state index is 13.9. The first kappa shape index (κ1) is 37.6. The number of nitrogens with one attached hydrogen (secondary N) is 3. The molecule has 0 saturated heterocycles. The number of amides is 3. The molecule has 0 radical (unpaired) electrons. The smallest absolute Gasteiger partial charge is 0.272 e. The number of hydrogen-bond acceptors (Lipinski definition) is 7. The molecule has 0 spiro atoms. The van der Waals surface area contributed by atoms with Crippen LogP contribution in [-0.4, -0.2) is 29.8 Å². The lowest BCUT2D eigenvalue weighted by atomic mass is 10.0. The van der Waals surface area contributed by atoms with Gasteiger partial charge in [-0.25, -0.2) is 4.98 Å². The molecule has 0 aliphatic heterocycles. The molecule has 3 amide bonds. The Labute approximate surface area is 333 Å². The first-order valence-corrected chi connectivity index (χ1v) is 19.5. The van der Waals surface area contributed by atoms with Crippen molar-refractivity contribution in [2.45, 2.75) is 10.1 Å². The van der Waals surface area contributed by atoms with Gasteiger partial charge in [0.2, 0.25) is 5.91 Å². The van der Waals surface area contributed by atoms with E-state index in [4.69, 9.17) is 4.74 Å². The third-order valence-corrected chi connectivity index (χ3v) is 10.7. The number of methoxy groups -OCH3 is 1. The maximum absolute atomic E-state index is 13.9. The minimum Gasteiger partial charge on any atom is -0.497 e. The Kier molecular flexibility index (Phi) is 12.1. The van der Waals surface area contributed by atoms with Crippen molar-refractivity contribution >= 4 is 57.7 Å². The Morgan fingerprint density at radius 2 is 1.34 bits per heavy atom. The van der Waals surface area contributed by atoms with Crippen molar-refractivity contribution in [3.05, 3.63) is 192 Å². The summed E-state index contributed by atoms with van der Waals surface area (Å²) in [6.45, 7) is 0. The van der Waals surface area contributed by atoms with Gasteiger partial charge < -0.3 is 20.7 Å². The Morgan fingerprint density at radius 1 is 0.696 bits per heavy atom. The fourth-order valence-electron chi connectivity index (χ4n) is 5.79. The third-order valence-electron chi connectivity index (χ3n) is 8.66. The van der Waals surface area contributed by atoms with Crippen LogP contribution in [0, 0.1) is 0 Å². The van der Waals surface area contributed by atoms with Crippen molar-refractivity contribution in [1.29, 1.82) is 0 Å². The summed E-state index contributed by atoms with van der Waals surface area (Å²) < 4.78 is 5.27. The van der Waals surface area contributed by atoms with Crippen LogP contribution < -0.4 is 20.7 Å². The van der Waals surface area contributed by atoms with E-state index in [1.54, 1.807) is 43.5 Å². The number of benzene rings is 6. The number of thiazole rings is 1. The molecule has 0 fully saturated rings. The number of rotatable bonds is 13. The number of carbonyl (C=O) groups excluding carboxylic acids is 3. The minimum absolute atomic E-state index is 0.0726. The van der Waals surface area contributed by atoms with Crippen LogP contribution in [0.15, 0.2) is 180 Å². The summed E-state index contributed by atoms with van der Waals surface area (Å²) in [5.41, 5.74) is 6.30. The molecule has 8 nitrogen and oxygen atoms in total. The normalized spacial score (nSPS) is 11.6. The fourth-order valence-corrected chi connectivity index (χ4v) is 7.60. The van der Waals surface area contributed by atoms with Gasteiger partial charge in [-0.1, -0.05) is 109 Å². The monoisotopic (exact) mass is 772 g/mol. The molecule has 7 rings (SSSR count). The van der Waals surface area contributed by atoms with Gasteiger partial charge in [0, 0.05) is 27.1 Å². The third kappa shape index (κ3) is 9.67. The highest BCUT2D eigenvalue weighted by Crippen LogP contribution is 2.38. The summed E-state index contributed by atoms with van der Waals surface area (Å²) in [6.07, 6.45) is 1.65. The van der Waals surface area contributed by atoms with E-state index in [2.05, 4.69) is 20.9 Å². The number of ether oxygens (including phenoxy) is 1. The Balaban J connectivity index is 1.10. The first-order chi connectivity index (χ1) is 27.4. The van der Waals surface area contributed by atoms with Crippen molar-refractivity contribution < 1.29 is 19.1 Å². The average molecular weight is 773 g/mol. The van der Waals surface area contributed by atoms with Crippen LogP contribution in [-0.2, 0) is 9.59 Å². The molecule has 0 aliphatic rings. The Hall–Kier alpha value is -6.75. The second-order valence-corrected chi connectivity index (χ2v) is 14.5. The molecule has 1 heterocycles. The quantitative estimate of drug-likeness (QED) is 0.0795. The van der Waals surface area contributed by atoms with Crippen molar-refractivity contribution in [1.82, 2.24) is 10.3 Å². The van der Waals surface area contributed by atoms with E-state index in [9.17, 15) is 14.4 Å². The van der Waals surface area contributed by atoms with E-state index in [0.717, 1.165) is 44.2 Å². The van der Waals surface area contributed by atoms with Gasteiger partial charge in [-0.15, -0.1) is 23.1 Å². The first-order valence-electron chi connectivity index (χ1n) is 17.7. The van der Waals surface area contributed by atoms with Crippen LogP contribution in [0.4, 0.5) is 10.8 Å². The fraction of sp³-hybridized carbons (Fsp3) is 0.0435. The molecular weight excluding hydrogens is 737 g/mol. The SMILES string of the molecule is COc1ccc(-c2csc(NC(=O)C(Sc3cccc(NC(=O)/C(=C\c4ccc(-c5ccccc5)cc4)NC(=O)c4ccccc4)c3)c3ccccc3)n2)cc1. The number of aromatic nitrogens is 1. The molecular formula is C46H36N4O4S2. The van der Waals surface area contributed by atoms with Crippen LogP contribution in [0.2, 0.25) is 0 Å². The molecule has 0 saturated carbocycles. The number of nitrogens with zero attached hydrogens (tertiary/aromatic N) is 1. The minimum atomic E-state index is -0.630. The average Bonchev–Trinajstić information content (AvgIpc) is 3.72. The van der Waals surface area contributed by atoms with Crippen LogP contribution >= 0.6 is 23.1 Å². The molecule has 6 aromatic carbocycles. The van der Waals surface area contributed by atoms with Crippen molar-refractivity contribution in [3.63, 3.8) is 0 Å². The van der Waals surface area contributed by atoms with Gasteiger partial charge in [0.1, 0.15) is 16.7 Å². The molecule has 56 heavy (non-hydrogen) atoms. The predicted molar refractivity (Wildman–Crippen MR) is 227 cm³/mol. The topological polar surface area (TPSA) is 109 Å². The Morgan fingerprint density at radius 3 is 2.04 bits per heavy atom. The Bertz CT molecular complexity index is 2450. The summed E-state index contributed by atoms with van der Waals surface area (Å²) >= 11 is 2.70. The highest BCUT2D eigenvalue weighted by Gasteiger charge is 2.24. The molecule has 7 aromatic rings. The second kappa shape index (κ2) is 18.1. The molecule has 3 N–H and O–H groups in total. The van der Waals surface area contributed by atoms with E-state index in [1.165, 1.54) is 23.1 Å². The zero-order valence-electron chi connectivity index (χ0n) is 30.2. The lowest BCUT2D eigenvalue weighted by Gasteiger charge is -2.17. The van der Waals surface area contributed by atoms with Gasteiger partial charge in [-0.3, -0.25) is 14.4 Å². The number of anilines is 2. The summed E-state index contributed by atoms with van der Waals surface area (Å²) in [7, 11) is 1.62. The predicted octanol–water partition coefficient (Wildman–Crippen LogP) is 10.4. The van der Waals surface area contributed by atoms with Crippen molar-refractivity contribution in [3.8, 4) is 28.1 Å². The molecule has 1 aromatic heterocycles. The van der Waals surface area contributed by atoms with Crippen LogP contribution in [0.1, 0.15) is 26.7 Å². The molecule has 1 unspecified atom stereocenters. The van der Waals surface area contributed by atoms with Crippen LogP contribution in [0.5, 0.6) is 5.75 Å². The van der Waals surface area contributed by atoms with E-state index in [0.29, 0.717) is 16.4 Å². The standard InChI is InChI=1S/C46H36N4O4S2/c1-54-38-26-24-34(25-27-38)41-30-55-46(49-41)50-45(53)42(35-14-7-3-8-15-35)56-39-19-11-18-37(29-39)47-44(52)40(48-43(51)36-16-9-4-10-17-36)28-31-20-22-33(23-21-31)32-12-5-2-6-13-32/h2-30,42H,1H3,(H,47,52)(H,48,51)(H,49,50,53)/b40-28+. The maximum Gasteiger partial charge on any atom is 0.272 e. The van der Waals surface area contributed by atoms with Gasteiger partial charge in [0.25, 0.3) is 11.8 Å². The number of hydrogen-bond donors (Lipinski definition) is 3. The van der Waals surface area contributed by atoms with E-state index in [1.807, 2.05) is 139 Å². The van der Waals surface area contributed by atoms with Crippen LogP contribution in [0.25, 0.3) is 28.5 Å². The number of thioether (sulfide) groups is 1. The highest BCUT2D eigenvalue weighted by molar-refractivity contribution is 8.00. The van der Waals surface area contributed by atoms with Gasteiger partial charge in [-0.2, -0.15) is 0 Å². The summed E-state index contributed by atoms with van der Waals surface area (Å²) in [5.74, 6) is -0.401. The van der Waals surface area contributed by atoms with E-state index >= 15 is 0 Å². The molecule has 0 bridgehead atoms. The highest BCUT2D eigenvalue weighted by atomic mass is 32.2. The van der Waals surface area contributed by atoms with Gasteiger partial charge in [0.05, 0.1) is 12.8 Å². The van der Waals surface area contributed by atoms with Gasteiger partial charge >= 0.3 is 0 Å². The van der Waals surface area contributed by atoms with Crippen molar-refractivity contribution in [2.75, 3.05) is 17.7 Å². The largest absolute Gasteiger partial charge is 0.497 e. The summed E-state index contributed by atoms with van der Waals surface area (Å²) in [5, 5.41) is 10.5. The molecule has 10 heteroatoms. The zero-order valence-corrected chi connectivity index (χ0v) is 31.9. The van der Waals surface area contributed by atoms with Crippen LogP contribution in [0.3, 0.4) is 0 Å². The van der Waals surface area contributed by atoms with E-state index in [-0.39, 0.29) is 11.6 Å².